The Bertz CT molecular complexity index is 945. The zero-order chi connectivity index (χ0) is 18.1. The molecule has 3 rings (SSSR count). The molecule has 0 radical (unpaired) electrons. The number of aromatic nitrogens is 2. The second-order valence-electron chi connectivity index (χ2n) is 5.38. The fourth-order valence-electron chi connectivity index (χ4n) is 2.54. The number of hydrogen-bond acceptors (Lipinski definition) is 3. The van der Waals surface area contributed by atoms with Crippen LogP contribution in [0.1, 0.15) is 6.92 Å². The number of H-pyrrole nitrogens is 1. The number of nitrogens with zero attached hydrogens (tertiary/aromatic N) is 2. The Labute approximate surface area is 153 Å². The highest BCUT2D eigenvalue weighted by Gasteiger charge is 2.20. The maximum absolute atomic E-state index is 11.9. The molecule has 1 amide bonds. The Morgan fingerprint density at radius 2 is 1.88 bits per heavy atom. The average molecular weight is 378 g/mol. The van der Waals surface area contributed by atoms with E-state index < -0.39 is 12.5 Å². The summed E-state index contributed by atoms with van der Waals surface area (Å²) < 4.78 is 0. The van der Waals surface area contributed by atoms with Crippen molar-refractivity contribution in [1.29, 1.82) is 0 Å². The number of benzene rings is 2. The highest BCUT2D eigenvalue weighted by Crippen LogP contribution is 2.33. The van der Waals surface area contributed by atoms with Gasteiger partial charge in [-0.05, 0) is 24.3 Å². The smallest absolute Gasteiger partial charge is 0.323 e. The maximum Gasteiger partial charge on any atom is 0.323 e. The second-order valence-corrected chi connectivity index (χ2v) is 6.20. The number of carbonyl (C=O) groups excluding carboxylic acids is 1. The zero-order valence-electron chi connectivity index (χ0n) is 13.1. The van der Waals surface area contributed by atoms with Gasteiger partial charge in [0.25, 0.3) is 0 Å². The first-order valence-electron chi connectivity index (χ1n) is 7.31. The van der Waals surface area contributed by atoms with Crippen molar-refractivity contribution < 1.29 is 14.7 Å². The number of carboxylic acids is 1. The van der Waals surface area contributed by atoms with Gasteiger partial charge in [-0.2, -0.15) is 0 Å². The molecule has 0 aliphatic heterocycles. The lowest BCUT2D eigenvalue weighted by molar-refractivity contribution is -0.136. The molecular formula is C17H13Cl2N3O3. The van der Waals surface area contributed by atoms with Crippen LogP contribution in [0.4, 0.5) is 5.69 Å². The van der Waals surface area contributed by atoms with Gasteiger partial charge in [-0.25, -0.2) is 4.98 Å². The van der Waals surface area contributed by atoms with Crippen LogP contribution in [0.2, 0.25) is 10.0 Å². The molecule has 2 N–H and O–H groups in total. The van der Waals surface area contributed by atoms with Gasteiger partial charge >= 0.3 is 5.97 Å². The predicted octanol–water partition coefficient (Wildman–Crippen LogP) is 3.97. The third kappa shape index (κ3) is 3.45. The Balaban J connectivity index is 2.15. The van der Waals surface area contributed by atoms with E-state index in [0.717, 1.165) is 0 Å². The molecule has 0 aliphatic carbocycles. The molecule has 128 valence electrons. The highest BCUT2D eigenvalue weighted by atomic mass is 35.5. The summed E-state index contributed by atoms with van der Waals surface area (Å²) in [6.07, 6.45) is 0. The number of para-hydroxylation sites is 1. The molecule has 0 saturated carbocycles. The van der Waals surface area contributed by atoms with Gasteiger partial charge in [0.15, 0.2) is 0 Å². The molecule has 0 bridgehead atoms. The number of amides is 1. The summed E-state index contributed by atoms with van der Waals surface area (Å²) in [6.45, 7) is 0.877. The van der Waals surface area contributed by atoms with E-state index >= 15 is 0 Å². The van der Waals surface area contributed by atoms with Crippen LogP contribution in [0.3, 0.4) is 0 Å². The van der Waals surface area contributed by atoms with Crippen LogP contribution in [0, 0.1) is 0 Å². The lowest BCUT2D eigenvalue weighted by atomic mass is 10.1. The highest BCUT2D eigenvalue weighted by molar-refractivity contribution is 6.42. The van der Waals surface area contributed by atoms with Gasteiger partial charge in [-0.1, -0.05) is 35.3 Å². The number of carboxylic acid groups (broad SMARTS) is 1. The van der Waals surface area contributed by atoms with Crippen molar-refractivity contribution in [3.05, 3.63) is 46.4 Å². The maximum atomic E-state index is 11.9. The number of aromatic amines is 1. The first kappa shape index (κ1) is 17.3. The number of aliphatic carboxylic acids is 1. The molecule has 0 unspecified atom stereocenters. The van der Waals surface area contributed by atoms with Crippen molar-refractivity contribution in [2.45, 2.75) is 6.92 Å². The van der Waals surface area contributed by atoms with Crippen LogP contribution >= 0.6 is 23.2 Å². The van der Waals surface area contributed by atoms with E-state index in [9.17, 15) is 9.59 Å². The van der Waals surface area contributed by atoms with Gasteiger partial charge in [0, 0.05) is 12.5 Å². The number of carbonyl (C=O) groups is 2. The summed E-state index contributed by atoms with van der Waals surface area (Å²) >= 11 is 12.0. The van der Waals surface area contributed by atoms with Crippen LogP contribution in [-0.2, 0) is 9.59 Å². The summed E-state index contributed by atoms with van der Waals surface area (Å²) in [5.41, 5.74) is 2.36. The fraction of sp³-hybridized carbons (Fsp3) is 0.118. The first-order valence-corrected chi connectivity index (χ1v) is 8.06. The molecule has 8 heteroatoms. The van der Waals surface area contributed by atoms with Crippen molar-refractivity contribution in [1.82, 2.24) is 9.97 Å². The molecule has 25 heavy (non-hydrogen) atoms. The van der Waals surface area contributed by atoms with Crippen molar-refractivity contribution in [3.8, 4) is 11.4 Å². The molecule has 3 aromatic rings. The molecule has 0 saturated heterocycles. The standard InChI is InChI=1S/C17H13Cl2N3O3/c1-9(23)22(8-16(24)25)15-5-3-2-4-10(15)17-20-13-6-11(18)12(19)7-14(13)21-17/h2-7H,8H2,1H3,(H,20,21)(H,24,25). The number of fused-ring (bicyclic) bond motifs is 1. The lowest BCUT2D eigenvalue weighted by Crippen LogP contribution is -2.34. The van der Waals surface area contributed by atoms with Crippen LogP contribution in [0.5, 0.6) is 0 Å². The van der Waals surface area contributed by atoms with E-state index in [1.807, 2.05) is 0 Å². The third-order valence-corrected chi connectivity index (χ3v) is 4.37. The van der Waals surface area contributed by atoms with E-state index in [1.165, 1.54) is 11.8 Å². The number of nitrogens with one attached hydrogen (secondary N) is 1. The monoisotopic (exact) mass is 377 g/mol. The van der Waals surface area contributed by atoms with Crippen LogP contribution in [0.25, 0.3) is 22.4 Å². The lowest BCUT2D eigenvalue weighted by Gasteiger charge is -2.21. The number of hydrogen-bond donors (Lipinski definition) is 2. The summed E-state index contributed by atoms with van der Waals surface area (Å²) in [4.78, 5) is 31.8. The van der Waals surface area contributed by atoms with E-state index in [4.69, 9.17) is 28.3 Å². The van der Waals surface area contributed by atoms with Crippen LogP contribution in [-0.4, -0.2) is 33.5 Å². The minimum absolute atomic E-state index is 0.378. The third-order valence-electron chi connectivity index (χ3n) is 3.65. The molecule has 6 nitrogen and oxygen atoms in total. The van der Waals surface area contributed by atoms with Gasteiger partial charge < -0.3 is 15.0 Å². The van der Waals surface area contributed by atoms with Crippen molar-refractivity contribution in [2.24, 2.45) is 0 Å². The Morgan fingerprint density at radius 1 is 1.20 bits per heavy atom. The normalized spacial score (nSPS) is 10.8. The summed E-state index contributed by atoms with van der Waals surface area (Å²) in [5.74, 6) is -0.995. The number of rotatable bonds is 4. The van der Waals surface area contributed by atoms with Crippen molar-refractivity contribution >= 4 is 51.8 Å². The molecule has 0 atom stereocenters. The van der Waals surface area contributed by atoms with Crippen LogP contribution < -0.4 is 4.90 Å². The molecular weight excluding hydrogens is 365 g/mol. The molecule has 0 aliphatic rings. The first-order chi connectivity index (χ1) is 11.9. The largest absolute Gasteiger partial charge is 0.480 e. The van der Waals surface area contributed by atoms with Crippen molar-refractivity contribution in [3.63, 3.8) is 0 Å². The Kier molecular flexibility index (Phi) is 4.65. The number of halogens is 2. The second kappa shape index (κ2) is 6.74. The van der Waals surface area contributed by atoms with Gasteiger partial charge in [0.05, 0.1) is 26.8 Å². The molecule has 0 fully saturated rings. The van der Waals surface area contributed by atoms with Gasteiger partial charge in [-0.15, -0.1) is 0 Å². The number of imidazole rings is 1. The summed E-state index contributed by atoms with van der Waals surface area (Å²) in [6, 6.07) is 10.2. The zero-order valence-corrected chi connectivity index (χ0v) is 14.6. The quantitative estimate of drug-likeness (QED) is 0.719. The fourth-order valence-corrected chi connectivity index (χ4v) is 2.86. The minimum atomic E-state index is -1.10. The van der Waals surface area contributed by atoms with E-state index in [1.54, 1.807) is 36.4 Å². The minimum Gasteiger partial charge on any atom is -0.480 e. The van der Waals surface area contributed by atoms with Gasteiger partial charge in [0.2, 0.25) is 5.91 Å². The molecule has 1 aromatic heterocycles. The molecule has 1 heterocycles. The Morgan fingerprint density at radius 3 is 2.56 bits per heavy atom. The average Bonchev–Trinajstić information content (AvgIpc) is 2.95. The van der Waals surface area contributed by atoms with E-state index in [0.29, 0.717) is 38.2 Å². The van der Waals surface area contributed by atoms with Crippen LogP contribution in [0.15, 0.2) is 36.4 Å². The topological polar surface area (TPSA) is 86.3 Å². The van der Waals surface area contributed by atoms with E-state index in [2.05, 4.69) is 9.97 Å². The summed E-state index contributed by atoms with van der Waals surface area (Å²) in [5, 5.41) is 9.87. The van der Waals surface area contributed by atoms with Gasteiger partial charge in [0.1, 0.15) is 12.4 Å². The molecule has 0 spiro atoms. The number of anilines is 1. The van der Waals surface area contributed by atoms with E-state index in [-0.39, 0.29) is 5.91 Å². The molecule has 2 aromatic carbocycles. The Hall–Kier alpha value is -2.57. The SMILES string of the molecule is CC(=O)N(CC(=O)O)c1ccccc1-c1nc2cc(Cl)c(Cl)cc2[nH]1. The summed E-state index contributed by atoms with van der Waals surface area (Å²) in [7, 11) is 0. The van der Waals surface area contributed by atoms with Gasteiger partial charge in [-0.3, -0.25) is 9.59 Å². The predicted molar refractivity (Wildman–Crippen MR) is 97.2 cm³/mol. The van der Waals surface area contributed by atoms with Crippen molar-refractivity contribution in [2.75, 3.05) is 11.4 Å².